The first-order chi connectivity index (χ1) is 12.5. The minimum atomic E-state index is -0.967. The van der Waals surface area contributed by atoms with Gasteiger partial charge in [-0.2, -0.15) is 0 Å². The summed E-state index contributed by atoms with van der Waals surface area (Å²) in [7, 11) is 0. The molecule has 5 heteroatoms. The molecule has 3 rings (SSSR count). The van der Waals surface area contributed by atoms with E-state index in [4.69, 9.17) is 4.74 Å². The van der Waals surface area contributed by atoms with Crippen LogP contribution in [0.15, 0.2) is 48.8 Å². The highest BCUT2D eigenvalue weighted by atomic mass is 16.5. The Labute approximate surface area is 154 Å². The fourth-order valence-electron chi connectivity index (χ4n) is 3.19. The maximum atomic E-state index is 12.4. The van der Waals surface area contributed by atoms with Gasteiger partial charge in [0.05, 0.1) is 6.54 Å². The van der Waals surface area contributed by atoms with Crippen LogP contribution in [0, 0.1) is 6.92 Å². The Balaban J connectivity index is 1.43. The second-order valence-electron chi connectivity index (χ2n) is 7.10. The minimum Gasteiger partial charge on any atom is -0.491 e. The summed E-state index contributed by atoms with van der Waals surface area (Å²) in [5.41, 5.74) is 1.39. The van der Waals surface area contributed by atoms with E-state index in [1.807, 2.05) is 43.3 Å². The third-order valence-electron chi connectivity index (χ3n) is 4.82. The molecule has 1 saturated heterocycles. The zero-order valence-electron chi connectivity index (χ0n) is 15.2. The van der Waals surface area contributed by atoms with Crippen LogP contribution in [0.4, 0.5) is 0 Å². The zero-order chi connectivity index (χ0) is 18.4. The fraction of sp³-hybridized carbons (Fsp3) is 0.429. The average Bonchev–Trinajstić information content (AvgIpc) is 3.05. The quantitative estimate of drug-likeness (QED) is 0.830. The van der Waals surface area contributed by atoms with Gasteiger partial charge in [-0.1, -0.05) is 17.7 Å². The van der Waals surface area contributed by atoms with Crippen molar-refractivity contribution in [3.63, 3.8) is 0 Å². The van der Waals surface area contributed by atoms with Crippen LogP contribution >= 0.6 is 0 Å². The molecular weight excluding hydrogens is 328 g/mol. The smallest absolute Gasteiger partial charge is 0.222 e. The number of benzene rings is 1. The molecule has 26 heavy (non-hydrogen) atoms. The second-order valence-corrected chi connectivity index (χ2v) is 7.10. The van der Waals surface area contributed by atoms with Crippen molar-refractivity contribution in [3.8, 4) is 5.75 Å². The molecule has 0 aliphatic carbocycles. The van der Waals surface area contributed by atoms with Crippen LogP contribution in [-0.4, -0.2) is 46.2 Å². The number of carbonyl (C=O) groups excluding carboxylic acids is 1. The van der Waals surface area contributed by atoms with E-state index in [0.29, 0.717) is 25.9 Å². The topological polar surface area (TPSA) is 62.7 Å². The maximum Gasteiger partial charge on any atom is 0.222 e. The Morgan fingerprint density at radius 2 is 1.96 bits per heavy atom. The lowest BCUT2D eigenvalue weighted by molar-refractivity contribution is -0.131. The lowest BCUT2D eigenvalue weighted by atomic mass is 10.1. The van der Waals surface area contributed by atoms with Crippen LogP contribution in [0.2, 0.25) is 0 Å². The van der Waals surface area contributed by atoms with Crippen molar-refractivity contribution in [2.24, 2.45) is 0 Å². The van der Waals surface area contributed by atoms with Gasteiger partial charge >= 0.3 is 0 Å². The summed E-state index contributed by atoms with van der Waals surface area (Å²) >= 11 is 0. The molecule has 0 unspecified atom stereocenters. The highest BCUT2D eigenvalue weighted by Gasteiger charge is 2.38. The van der Waals surface area contributed by atoms with Gasteiger partial charge in [0, 0.05) is 25.4 Å². The van der Waals surface area contributed by atoms with Crippen LogP contribution in [0.25, 0.3) is 0 Å². The van der Waals surface area contributed by atoms with Gasteiger partial charge < -0.3 is 14.7 Å². The van der Waals surface area contributed by atoms with Crippen molar-refractivity contribution in [2.75, 3.05) is 19.7 Å². The number of carbonyl (C=O) groups is 1. The van der Waals surface area contributed by atoms with Gasteiger partial charge in [0.1, 0.15) is 18.0 Å². The lowest BCUT2D eigenvalue weighted by Crippen LogP contribution is -2.40. The Morgan fingerprint density at radius 3 is 2.69 bits per heavy atom. The first-order valence-corrected chi connectivity index (χ1v) is 9.13. The molecule has 2 heterocycles. The SMILES string of the molecule is Cc1ccc(OC[C@@]2(O)CCN(C(=O)CCCc3ccncc3)C2)cc1. The third kappa shape index (κ3) is 5.05. The summed E-state index contributed by atoms with van der Waals surface area (Å²) in [6.07, 6.45) is 6.25. The van der Waals surface area contributed by atoms with Crippen LogP contribution < -0.4 is 4.74 Å². The molecular formula is C21H26N2O3. The van der Waals surface area contributed by atoms with Crippen LogP contribution in [0.3, 0.4) is 0 Å². The standard InChI is InChI=1S/C21H26N2O3/c1-17-5-7-19(8-6-17)26-16-21(25)11-14-23(15-21)20(24)4-2-3-18-9-12-22-13-10-18/h5-10,12-13,25H,2-4,11,14-16H2,1H3/t21-/m1/s1. The van der Waals surface area contributed by atoms with Crippen LogP contribution in [0.1, 0.15) is 30.4 Å². The molecule has 1 aliphatic heterocycles. The number of aromatic nitrogens is 1. The molecule has 138 valence electrons. The number of aryl methyl sites for hydroxylation is 2. The van der Waals surface area contributed by atoms with E-state index in [1.165, 1.54) is 11.1 Å². The predicted octanol–water partition coefficient (Wildman–Crippen LogP) is 2.76. The lowest BCUT2D eigenvalue weighted by Gasteiger charge is -2.23. The molecule has 1 N–H and O–H groups in total. The third-order valence-corrected chi connectivity index (χ3v) is 4.82. The minimum absolute atomic E-state index is 0.102. The molecule has 0 bridgehead atoms. The summed E-state index contributed by atoms with van der Waals surface area (Å²) < 4.78 is 5.72. The van der Waals surface area contributed by atoms with E-state index < -0.39 is 5.60 Å². The number of pyridine rings is 1. The summed E-state index contributed by atoms with van der Waals surface area (Å²) in [6, 6.07) is 11.7. The van der Waals surface area contributed by atoms with E-state index in [2.05, 4.69) is 4.98 Å². The summed E-state index contributed by atoms with van der Waals surface area (Å²) in [5.74, 6) is 0.844. The zero-order valence-corrected chi connectivity index (χ0v) is 15.2. The first-order valence-electron chi connectivity index (χ1n) is 9.13. The molecule has 1 amide bonds. The number of hydrogen-bond acceptors (Lipinski definition) is 4. The number of likely N-dealkylation sites (tertiary alicyclic amines) is 1. The molecule has 0 saturated carbocycles. The monoisotopic (exact) mass is 354 g/mol. The number of hydrogen-bond donors (Lipinski definition) is 1. The molecule has 1 fully saturated rings. The number of β-amino-alcohol motifs (C(OH)–C–C–N with tert-alkyl or cyclic N) is 1. The number of ether oxygens (including phenoxy) is 1. The molecule has 1 atom stereocenters. The Bertz CT molecular complexity index is 718. The van der Waals surface area contributed by atoms with Crippen molar-refractivity contribution in [1.29, 1.82) is 0 Å². The van der Waals surface area contributed by atoms with Gasteiger partial charge in [-0.25, -0.2) is 0 Å². The highest BCUT2D eigenvalue weighted by Crippen LogP contribution is 2.24. The predicted molar refractivity (Wildman–Crippen MR) is 100.0 cm³/mol. The molecule has 1 aromatic carbocycles. The van der Waals surface area contributed by atoms with Crippen molar-refractivity contribution in [2.45, 2.75) is 38.2 Å². The van der Waals surface area contributed by atoms with E-state index >= 15 is 0 Å². The van der Waals surface area contributed by atoms with Crippen LogP contribution in [-0.2, 0) is 11.2 Å². The van der Waals surface area contributed by atoms with Gasteiger partial charge in [0.2, 0.25) is 5.91 Å². The second kappa shape index (κ2) is 8.32. The normalized spacial score (nSPS) is 19.5. The average molecular weight is 354 g/mol. The van der Waals surface area contributed by atoms with Gasteiger partial charge in [-0.05, 0) is 56.0 Å². The summed E-state index contributed by atoms with van der Waals surface area (Å²) in [4.78, 5) is 18.1. The highest BCUT2D eigenvalue weighted by molar-refractivity contribution is 5.76. The van der Waals surface area contributed by atoms with Crippen molar-refractivity contribution >= 4 is 5.91 Å². The van der Waals surface area contributed by atoms with Gasteiger partial charge in [0.25, 0.3) is 0 Å². The number of rotatable bonds is 7. The van der Waals surface area contributed by atoms with Crippen molar-refractivity contribution < 1.29 is 14.6 Å². The molecule has 1 aromatic heterocycles. The number of amides is 1. The Morgan fingerprint density at radius 1 is 1.23 bits per heavy atom. The molecule has 5 nitrogen and oxygen atoms in total. The van der Waals surface area contributed by atoms with E-state index in [-0.39, 0.29) is 12.5 Å². The van der Waals surface area contributed by atoms with E-state index in [1.54, 1.807) is 17.3 Å². The van der Waals surface area contributed by atoms with Crippen LogP contribution in [0.5, 0.6) is 5.75 Å². The number of nitrogens with zero attached hydrogens (tertiary/aromatic N) is 2. The molecule has 0 spiro atoms. The number of aliphatic hydroxyl groups is 1. The summed E-state index contributed by atoms with van der Waals surface area (Å²) in [5, 5.41) is 10.7. The molecule has 0 radical (unpaired) electrons. The summed E-state index contributed by atoms with van der Waals surface area (Å²) in [6.45, 7) is 3.15. The van der Waals surface area contributed by atoms with Crippen molar-refractivity contribution in [3.05, 3.63) is 59.9 Å². The van der Waals surface area contributed by atoms with E-state index in [0.717, 1.165) is 18.6 Å². The molecule has 1 aliphatic rings. The van der Waals surface area contributed by atoms with E-state index in [9.17, 15) is 9.90 Å². The van der Waals surface area contributed by atoms with Gasteiger partial charge in [-0.3, -0.25) is 9.78 Å². The van der Waals surface area contributed by atoms with Gasteiger partial charge in [0.15, 0.2) is 0 Å². The van der Waals surface area contributed by atoms with Gasteiger partial charge in [-0.15, -0.1) is 0 Å². The molecule has 2 aromatic rings. The largest absolute Gasteiger partial charge is 0.491 e. The first kappa shape index (κ1) is 18.4. The Hall–Kier alpha value is -2.40. The Kier molecular flexibility index (Phi) is 5.89. The van der Waals surface area contributed by atoms with Crippen molar-refractivity contribution in [1.82, 2.24) is 9.88 Å². The maximum absolute atomic E-state index is 12.4. The fourth-order valence-corrected chi connectivity index (χ4v) is 3.19.